The highest BCUT2D eigenvalue weighted by molar-refractivity contribution is 6.30. The molecule has 0 aliphatic rings. The van der Waals surface area contributed by atoms with Gasteiger partial charge >= 0.3 is 0 Å². The van der Waals surface area contributed by atoms with E-state index in [0.29, 0.717) is 23.7 Å². The van der Waals surface area contributed by atoms with Gasteiger partial charge in [0.05, 0.1) is 11.6 Å². The smallest absolute Gasteiger partial charge is 0.150 e. The van der Waals surface area contributed by atoms with Crippen molar-refractivity contribution in [2.75, 3.05) is 25.1 Å². The second-order valence-corrected chi connectivity index (χ2v) is 4.73. The molecule has 0 radical (unpaired) electrons. The normalized spacial score (nSPS) is 10.1. The van der Waals surface area contributed by atoms with Crippen molar-refractivity contribution in [3.63, 3.8) is 0 Å². The van der Waals surface area contributed by atoms with Crippen LogP contribution in [0.25, 0.3) is 0 Å². The van der Waals surface area contributed by atoms with E-state index in [1.807, 2.05) is 18.0 Å². The Hall–Kier alpha value is -2.07. The van der Waals surface area contributed by atoms with Crippen LogP contribution in [0.1, 0.15) is 10.4 Å². The van der Waals surface area contributed by atoms with Gasteiger partial charge in [0.25, 0.3) is 0 Å². The molecule has 4 nitrogen and oxygen atoms in total. The number of aldehydes is 1. The zero-order valence-electron chi connectivity index (χ0n) is 11.1. The van der Waals surface area contributed by atoms with Crippen molar-refractivity contribution in [3.05, 3.63) is 53.2 Å². The average molecular weight is 291 g/mol. The number of halogens is 1. The lowest BCUT2D eigenvalue weighted by atomic mass is 10.2. The fourth-order valence-corrected chi connectivity index (χ4v) is 1.76. The van der Waals surface area contributed by atoms with Gasteiger partial charge in [-0.15, -0.1) is 0 Å². The van der Waals surface area contributed by atoms with E-state index in [4.69, 9.17) is 16.3 Å². The molecule has 0 aliphatic carbocycles. The van der Waals surface area contributed by atoms with E-state index in [1.165, 1.54) is 0 Å². The van der Waals surface area contributed by atoms with Crippen LogP contribution in [0, 0.1) is 0 Å². The molecule has 5 heteroatoms. The molecule has 0 saturated carbocycles. The Morgan fingerprint density at radius 2 is 2.00 bits per heavy atom. The third kappa shape index (κ3) is 3.96. The number of benzene rings is 1. The summed E-state index contributed by atoms with van der Waals surface area (Å²) in [6.45, 7) is 1.23. The van der Waals surface area contributed by atoms with Crippen LogP contribution < -0.4 is 9.64 Å². The van der Waals surface area contributed by atoms with Crippen molar-refractivity contribution in [1.29, 1.82) is 0 Å². The summed E-state index contributed by atoms with van der Waals surface area (Å²) >= 11 is 5.79. The molecule has 0 saturated heterocycles. The van der Waals surface area contributed by atoms with Gasteiger partial charge in [0.15, 0.2) is 0 Å². The Balaban J connectivity index is 1.82. The second kappa shape index (κ2) is 6.91. The van der Waals surface area contributed by atoms with Gasteiger partial charge in [0.2, 0.25) is 0 Å². The molecule has 0 N–H and O–H groups in total. The lowest BCUT2D eigenvalue weighted by molar-refractivity contribution is 0.112. The van der Waals surface area contributed by atoms with Crippen molar-refractivity contribution in [1.82, 2.24) is 4.98 Å². The van der Waals surface area contributed by atoms with Crippen LogP contribution in [0.3, 0.4) is 0 Å². The zero-order valence-corrected chi connectivity index (χ0v) is 11.9. The van der Waals surface area contributed by atoms with E-state index in [0.717, 1.165) is 17.9 Å². The summed E-state index contributed by atoms with van der Waals surface area (Å²) in [6, 6.07) is 10.7. The van der Waals surface area contributed by atoms with Gasteiger partial charge in [-0.2, -0.15) is 0 Å². The second-order valence-electron chi connectivity index (χ2n) is 4.29. The largest absolute Gasteiger partial charge is 0.492 e. The highest BCUT2D eigenvalue weighted by atomic mass is 35.5. The minimum Gasteiger partial charge on any atom is -0.492 e. The molecule has 104 valence electrons. The molecule has 0 aliphatic heterocycles. The first-order valence-electron chi connectivity index (χ1n) is 6.20. The van der Waals surface area contributed by atoms with Crippen LogP contribution in [-0.4, -0.2) is 31.5 Å². The van der Waals surface area contributed by atoms with Crippen LogP contribution >= 0.6 is 11.6 Å². The summed E-state index contributed by atoms with van der Waals surface area (Å²) < 4.78 is 5.61. The fourth-order valence-electron chi connectivity index (χ4n) is 1.65. The zero-order chi connectivity index (χ0) is 14.4. The molecule has 2 rings (SSSR count). The number of nitrogens with zero attached hydrogens (tertiary/aromatic N) is 2. The van der Waals surface area contributed by atoms with E-state index in [-0.39, 0.29) is 0 Å². The summed E-state index contributed by atoms with van der Waals surface area (Å²) in [4.78, 5) is 16.7. The summed E-state index contributed by atoms with van der Waals surface area (Å²) in [5.74, 6) is 1.59. The number of carbonyl (C=O) groups is 1. The molecule has 0 spiro atoms. The third-order valence-electron chi connectivity index (χ3n) is 2.81. The predicted octanol–water partition coefficient (Wildman–Crippen LogP) is 3.06. The van der Waals surface area contributed by atoms with Gasteiger partial charge in [0, 0.05) is 18.8 Å². The maximum absolute atomic E-state index is 10.5. The molecule has 1 heterocycles. The van der Waals surface area contributed by atoms with E-state index in [2.05, 4.69) is 4.98 Å². The minimum absolute atomic E-state index is 0.529. The number of pyridine rings is 1. The monoisotopic (exact) mass is 290 g/mol. The van der Waals surface area contributed by atoms with Crippen molar-refractivity contribution >= 4 is 23.7 Å². The van der Waals surface area contributed by atoms with Crippen LogP contribution in [0.5, 0.6) is 5.75 Å². The molecule has 0 amide bonds. The molecule has 0 bridgehead atoms. The predicted molar refractivity (Wildman–Crippen MR) is 79.8 cm³/mol. The highest BCUT2D eigenvalue weighted by Crippen LogP contribution is 2.14. The average Bonchev–Trinajstić information content (AvgIpc) is 2.48. The Kier molecular flexibility index (Phi) is 4.96. The summed E-state index contributed by atoms with van der Waals surface area (Å²) in [7, 11) is 1.94. The minimum atomic E-state index is 0.529. The van der Waals surface area contributed by atoms with Crippen molar-refractivity contribution in [2.45, 2.75) is 0 Å². The summed E-state index contributed by atoms with van der Waals surface area (Å²) in [6.07, 6.45) is 2.43. The first-order chi connectivity index (χ1) is 9.69. The number of anilines is 1. The van der Waals surface area contributed by atoms with Crippen LogP contribution in [0.2, 0.25) is 5.02 Å². The molecular weight excluding hydrogens is 276 g/mol. The fraction of sp³-hybridized carbons (Fsp3) is 0.200. The van der Waals surface area contributed by atoms with Gasteiger partial charge in [-0.05, 0) is 36.4 Å². The standard InChI is InChI=1S/C15H15ClN2O2/c1-18(15-7-4-13(16)10-17-15)8-9-20-14-5-2-12(11-19)3-6-14/h2-7,10-11H,8-9H2,1H3. The Morgan fingerprint density at radius 1 is 1.25 bits per heavy atom. The number of hydrogen-bond acceptors (Lipinski definition) is 4. The number of carbonyl (C=O) groups excluding carboxylic acids is 1. The lowest BCUT2D eigenvalue weighted by Crippen LogP contribution is -2.24. The highest BCUT2D eigenvalue weighted by Gasteiger charge is 2.02. The summed E-state index contributed by atoms with van der Waals surface area (Å²) in [5.41, 5.74) is 0.639. The Labute approximate surface area is 123 Å². The first-order valence-corrected chi connectivity index (χ1v) is 6.57. The van der Waals surface area contributed by atoms with Gasteiger partial charge in [-0.25, -0.2) is 4.98 Å². The topological polar surface area (TPSA) is 42.4 Å². The third-order valence-corrected chi connectivity index (χ3v) is 3.04. The molecular formula is C15H15ClN2O2. The summed E-state index contributed by atoms with van der Waals surface area (Å²) in [5, 5.41) is 0.619. The van der Waals surface area contributed by atoms with E-state index >= 15 is 0 Å². The van der Waals surface area contributed by atoms with E-state index in [1.54, 1.807) is 36.5 Å². The lowest BCUT2D eigenvalue weighted by Gasteiger charge is -2.18. The van der Waals surface area contributed by atoms with Gasteiger partial charge in [-0.1, -0.05) is 11.6 Å². The quantitative estimate of drug-likeness (QED) is 0.767. The maximum Gasteiger partial charge on any atom is 0.150 e. The van der Waals surface area contributed by atoms with Gasteiger partial charge in [-0.3, -0.25) is 4.79 Å². The van der Waals surface area contributed by atoms with Crippen molar-refractivity contribution < 1.29 is 9.53 Å². The van der Waals surface area contributed by atoms with Crippen molar-refractivity contribution in [2.24, 2.45) is 0 Å². The Bertz CT molecular complexity index is 555. The van der Waals surface area contributed by atoms with Crippen LogP contribution in [0.15, 0.2) is 42.6 Å². The first kappa shape index (κ1) is 14.3. The van der Waals surface area contributed by atoms with Gasteiger partial charge < -0.3 is 9.64 Å². The van der Waals surface area contributed by atoms with Gasteiger partial charge in [0.1, 0.15) is 24.5 Å². The number of aromatic nitrogens is 1. The number of ether oxygens (including phenoxy) is 1. The van der Waals surface area contributed by atoms with Crippen LogP contribution in [0.4, 0.5) is 5.82 Å². The molecule has 1 aromatic carbocycles. The Morgan fingerprint density at radius 3 is 2.60 bits per heavy atom. The van der Waals surface area contributed by atoms with E-state index < -0.39 is 0 Å². The van der Waals surface area contributed by atoms with E-state index in [9.17, 15) is 4.79 Å². The molecule has 0 fully saturated rings. The molecule has 0 unspecified atom stereocenters. The number of rotatable bonds is 6. The molecule has 0 atom stereocenters. The number of likely N-dealkylation sites (N-methyl/N-ethyl adjacent to an activating group) is 1. The molecule has 1 aromatic heterocycles. The molecule has 20 heavy (non-hydrogen) atoms. The number of hydrogen-bond donors (Lipinski definition) is 0. The van der Waals surface area contributed by atoms with Crippen LogP contribution in [-0.2, 0) is 0 Å². The SMILES string of the molecule is CN(CCOc1ccc(C=O)cc1)c1ccc(Cl)cn1. The molecule has 2 aromatic rings. The van der Waals surface area contributed by atoms with Crippen molar-refractivity contribution in [3.8, 4) is 5.75 Å². The maximum atomic E-state index is 10.5.